The fraction of sp³-hybridized carbons (Fsp3) is 0.188. The van der Waals surface area contributed by atoms with Crippen molar-refractivity contribution in [2.75, 3.05) is 5.32 Å². The normalized spacial score (nSPS) is 14.1. The Morgan fingerprint density at radius 1 is 0.900 bits per heavy atom. The average molecular weight is 530 g/mol. The number of nitrogens with one attached hydrogen (secondary N) is 3. The van der Waals surface area contributed by atoms with Gasteiger partial charge in [0.25, 0.3) is 0 Å². The maximum atomic E-state index is 13.9. The third-order valence-electron chi connectivity index (χ3n) is 7.78. The maximum absolute atomic E-state index is 13.9. The minimum atomic E-state index is -0.285. The van der Waals surface area contributed by atoms with Crippen LogP contribution in [-0.2, 0) is 0 Å². The van der Waals surface area contributed by atoms with Gasteiger partial charge in [-0.05, 0) is 60.7 Å². The Labute approximate surface area is 230 Å². The minimum Gasteiger partial charge on any atom is -0.358 e. The first-order valence-electron chi connectivity index (χ1n) is 13.6. The van der Waals surface area contributed by atoms with E-state index in [1.165, 1.54) is 44.2 Å². The molecule has 7 rings (SSSR count). The number of aromatic nitrogens is 6. The molecule has 40 heavy (non-hydrogen) atoms. The van der Waals surface area contributed by atoms with Crippen molar-refractivity contribution >= 4 is 27.6 Å². The van der Waals surface area contributed by atoms with E-state index in [1.54, 1.807) is 18.5 Å². The summed E-state index contributed by atoms with van der Waals surface area (Å²) in [4.78, 5) is 17.3. The van der Waals surface area contributed by atoms with E-state index >= 15 is 0 Å². The van der Waals surface area contributed by atoms with Gasteiger partial charge in [-0.25, -0.2) is 9.37 Å². The van der Waals surface area contributed by atoms with Crippen molar-refractivity contribution in [2.45, 2.75) is 32.1 Å². The predicted octanol–water partition coefficient (Wildman–Crippen LogP) is 7.88. The molecule has 1 fully saturated rings. The van der Waals surface area contributed by atoms with Gasteiger partial charge in [0.05, 0.1) is 40.5 Å². The molecule has 5 aromatic heterocycles. The second-order valence-corrected chi connectivity index (χ2v) is 10.5. The van der Waals surface area contributed by atoms with E-state index in [1.807, 2.05) is 36.7 Å². The Kier molecular flexibility index (Phi) is 6.07. The molecule has 7 nitrogen and oxygen atoms in total. The Hall–Kier alpha value is -4.85. The van der Waals surface area contributed by atoms with Crippen LogP contribution in [0.15, 0.2) is 85.6 Å². The highest BCUT2D eigenvalue weighted by Crippen LogP contribution is 2.34. The minimum absolute atomic E-state index is 0.285. The number of anilines is 1. The molecule has 198 valence electrons. The van der Waals surface area contributed by atoms with Gasteiger partial charge in [-0.1, -0.05) is 38.0 Å². The number of hydrogen-bond acceptors (Lipinski definition) is 5. The van der Waals surface area contributed by atoms with Crippen LogP contribution in [-0.4, -0.2) is 30.1 Å². The van der Waals surface area contributed by atoms with Gasteiger partial charge in [-0.15, -0.1) is 0 Å². The fourth-order valence-electron chi connectivity index (χ4n) is 5.70. The molecule has 6 aromatic rings. The number of rotatable bonds is 6. The molecule has 3 N–H and O–H groups in total. The van der Waals surface area contributed by atoms with Crippen molar-refractivity contribution in [1.29, 1.82) is 0 Å². The third kappa shape index (κ3) is 4.51. The highest BCUT2D eigenvalue weighted by molar-refractivity contribution is 6.00. The molecule has 0 spiro atoms. The summed E-state index contributed by atoms with van der Waals surface area (Å²) in [6, 6.07) is 14.6. The van der Waals surface area contributed by atoms with Crippen LogP contribution in [0, 0.1) is 11.7 Å². The number of allylic oxidation sites excluding steroid dienone is 1. The van der Waals surface area contributed by atoms with E-state index < -0.39 is 0 Å². The first-order chi connectivity index (χ1) is 19.6. The molecule has 1 aliphatic carbocycles. The summed E-state index contributed by atoms with van der Waals surface area (Å²) in [5.74, 6) is 0.223. The summed E-state index contributed by atoms with van der Waals surface area (Å²) in [6.07, 6.45) is 13.4. The number of halogens is 1. The maximum Gasteiger partial charge on any atom is 0.135 e. The molecule has 0 bridgehead atoms. The number of fused-ring (bicyclic) bond motifs is 2. The zero-order valence-corrected chi connectivity index (χ0v) is 21.9. The molecule has 0 aliphatic heterocycles. The second-order valence-electron chi connectivity index (χ2n) is 10.5. The Morgan fingerprint density at radius 3 is 2.65 bits per heavy atom. The number of pyridine rings is 3. The van der Waals surface area contributed by atoms with Crippen LogP contribution in [0.5, 0.6) is 0 Å². The van der Waals surface area contributed by atoms with Crippen molar-refractivity contribution in [3.63, 3.8) is 0 Å². The summed E-state index contributed by atoms with van der Waals surface area (Å²) in [6.45, 7) is 4.31. The average Bonchev–Trinajstić information content (AvgIpc) is 3.61. The van der Waals surface area contributed by atoms with E-state index in [0.29, 0.717) is 11.6 Å². The SMILES string of the molecule is C=C(Nc1cncc(-c2ccc3[nH]nc(-c4cc5c(-c6cccc(F)c6)cncc5[nH]4)c3n2)c1)C1CCCCC1. The number of aromatic amines is 2. The molecule has 0 saturated heterocycles. The van der Waals surface area contributed by atoms with Crippen LogP contribution in [0.3, 0.4) is 0 Å². The molecule has 0 radical (unpaired) electrons. The molecule has 0 unspecified atom stereocenters. The van der Waals surface area contributed by atoms with Crippen LogP contribution in [0.1, 0.15) is 32.1 Å². The van der Waals surface area contributed by atoms with Crippen molar-refractivity contribution in [1.82, 2.24) is 30.1 Å². The van der Waals surface area contributed by atoms with Crippen LogP contribution < -0.4 is 5.32 Å². The largest absolute Gasteiger partial charge is 0.358 e. The standard InChI is InChI=1S/C32H28FN7/c1-19(20-6-3-2-4-7-20)36-24-13-22(15-34-16-24)27-10-11-28-31(38-27)32(40-39-28)29-14-25-26(17-35-18-30(25)37-29)21-8-5-9-23(33)12-21/h5,8-18,20,36-37H,1-4,6-7H2,(H,39,40). The summed E-state index contributed by atoms with van der Waals surface area (Å²) in [5.41, 5.74) is 9.20. The molecule has 1 saturated carbocycles. The van der Waals surface area contributed by atoms with Gasteiger partial charge in [0.2, 0.25) is 0 Å². The molecule has 0 amide bonds. The first kappa shape index (κ1) is 24.2. The topological polar surface area (TPSA) is 95.2 Å². The molecule has 0 atom stereocenters. The third-order valence-corrected chi connectivity index (χ3v) is 7.78. The second kappa shape index (κ2) is 10.0. The zero-order valence-electron chi connectivity index (χ0n) is 21.9. The summed E-state index contributed by atoms with van der Waals surface area (Å²) in [7, 11) is 0. The number of nitrogens with zero attached hydrogens (tertiary/aromatic N) is 4. The molecule has 1 aromatic carbocycles. The fourth-order valence-corrected chi connectivity index (χ4v) is 5.70. The van der Waals surface area contributed by atoms with Gasteiger partial charge >= 0.3 is 0 Å². The van der Waals surface area contributed by atoms with Gasteiger partial charge in [0.1, 0.15) is 17.0 Å². The van der Waals surface area contributed by atoms with Gasteiger partial charge in [-0.2, -0.15) is 5.10 Å². The van der Waals surface area contributed by atoms with Crippen molar-refractivity contribution < 1.29 is 4.39 Å². The van der Waals surface area contributed by atoms with Crippen LogP contribution >= 0.6 is 0 Å². The van der Waals surface area contributed by atoms with Crippen LogP contribution in [0.4, 0.5) is 10.1 Å². The monoisotopic (exact) mass is 529 g/mol. The zero-order chi connectivity index (χ0) is 27.1. The lowest BCUT2D eigenvalue weighted by molar-refractivity contribution is 0.405. The van der Waals surface area contributed by atoms with Crippen molar-refractivity contribution in [3.05, 3.63) is 91.4 Å². The number of benzene rings is 1. The van der Waals surface area contributed by atoms with Gasteiger partial charge in [-0.3, -0.25) is 15.1 Å². The molecular formula is C32H28FN7. The molecule has 5 heterocycles. The Balaban J connectivity index is 1.23. The first-order valence-corrected chi connectivity index (χ1v) is 13.6. The van der Waals surface area contributed by atoms with Gasteiger partial charge < -0.3 is 10.3 Å². The smallest absolute Gasteiger partial charge is 0.135 e. The van der Waals surface area contributed by atoms with E-state index in [9.17, 15) is 4.39 Å². The summed E-state index contributed by atoms with van der Waals surface area (Å²) >= 11 is 0. The number of H-pyrrole nitrogens is 2. The lowest BCUT2D eigenvalue weighted by Crippen LogP contribution is -2.14. The van der Waals surface area contributed by atoms with Crippen LogP contribution in [0.2, 0.25) is 0 Å². The van der Waals surface area contributed by atoms with Gasteiger partial charge in [0, 0.05) is 34.6 Å². The lowest BCUT2D eigenvalue weighted by Gasteiger charge is -2.24. The molecular weight excluding hydrogens is 501 g/mol. The Bertz CT molecular complexity index is 1860. The van der Waals surface area contributed by atoms with Crippen molar-refractivity contribution in [3.8, 4) is 33.8 Å². The molecule has 1 aliphatic rings. The summed E-state index contributed by atoms with van der Waals surface area (Å²) in [5, 5.41) is 12.1. The van der Waals surface area contributed by atoms with E-state index in [0.717, 1.165) is 61.4 Å². The van der Waals surface area contributed by atoms with Crippen molar-refractivity contribution in [2.24, 2.45) is 5.92 Å². The van der Waals surface area contributed by atoms with E-state index in [4.69, 9.17) is 4.98 Å². The highest BCUT2D eigenvalue weighted by Gasteiger charge is 2.18. The quantitative estimate of drug-likeness (QED) is 0.204. The number of hydrogen-bond donors (Lipinski definition) is 3. The van der Waals surface area contributed by atoms with Gasteiger partial charge in [0.15, 0.2) is 0 Å². The summed E-state index contributed by atoms with van der Waals surface area (Å²) < 4.78 is 13.9. The van der Waals surface area contributed by atoms with E-state index in [-0.39, 0.29) is 5.82 Å². The highest BCUT2D eigenvalue weighted by atomic mass is 19.1. The van der Waals surface area contributed by atoms with E-state index in [2.05, 4.69) is 43.1 Å². The lowest BCUT2D eigenvalue weighted by atomic mass is 9.87. The Morgan fingerprint density at radius 2 is 1.77 bits per heavy atom. The van der Waals surface area contributed by atoms with Crippen LogP contribution in [0.25, 0.3) is 55.7 Å². The predicted molar refractivity (Wildman–Crippen MR) is 157 cm³/mol. The molecule has 8 heteroatoms.